The fraction of sp³-hybridized carbons (Fsp3) is 0.222. The molecule has 2 aromatic rings. The van der Waals surface area contributed by atoms with Gasteiger partial charge < -0.3 is 10.6 Å². The van der Waals surface area contributed by atoms with E-state index in [9.17, 15) is 9.59 Å². The van der Waals surface area contributed by atoms with Gasteiger partial charge in [-0.25, -0.2) is 0 Å². The third-order valence-electron chi connectivity index (χ3n) is 3.70. The van der Waals surface area contributed by atoms with Crippen LogP contribution in [0.5, 0.6) is 0 Å². The van der Waals surface area contributed by atoms with Crippen molar-refractivity contribution in [2.75, 3.05) is 16.4 Å². The van der Waals surface area contributed by atoms with E-state index >= 15 is 0 Å². The first-order valence-corrected chi connectivity index (χ1v) is 8.42. The molecule has 1 aliphatic heterocycles. The summed E-state index contributed by atoms with van der Waals surface area (Å²) in [7, 11) is 0. The van der Waals surface area contributed by atoms with Crippen molar-refractivity contribution in [1.29, 1.82) is 0 Å². The van der Waals surface area contributed by atoms with Crippen molar-refractivity contribution in [3.63, 3.8) is 0 Å². The van der Waals surface area contributed by atoms with Crippen molar-refractivity contribution in [2.45, 2.75) is 25.2 Å². The van der Waals surface area contributed by atoms with Crippen molar-refractivity contribution in [3.05, 3.63) is 53.1 Å². The van der Waals surface area contributed by atoms with E-state index in [1.807, 2.05) is 50.2 Å². The second-order valence-electron chi connectivity index (χ2n) is 5.71. The maximum absolute atomic E-state index is 12.2. The molecule has 4 nitrogen and oxygen atoms in total. The Labute approximate surface area is 139 Å². The summed E-state index contributed by atoms with van der Waals surface area (Å²) in [5.74, 6) is 0.380. The number of rotatable bonds is 3. The first-order chi connectivity index (χ1) is 11.0. The summed E-state index contributed by atoms with van der Waals surface area (Å²) in [5.41, 5.74) is 4.73. The smallest absolute Gasteiger partial charge is 0.234 e. The maximum atomic E-state index is 12.2. The van der Waals surface area contributed by atoms with Gasteiger partial charge in [0.25, 0.3) is 0 Å². The summed E-state index contributed by atoms with van der Waals surface area (Å²) in [6, 6.07) is 11.7. The molecule has 2 N–H and O–H groups in total. The Balaban J connectivity index is 1.70. The van der Waals surface area contributed by atoms with Crippen LogP contribution < -0.4 is 10.6 Å². The van der Waals surface area contributed by atoms with Crippen LogP contribution in [0, 0.1) is 13.8 Å². The zero-order chi connectivity index (χ0) is 16.4. The number of hydrogen-bond acceptors (Lipinski definition) is 3. The Morgan fingerprint density at radius 3 is 2.83 bits per heavy atom. The molecule has 2 amide bonds. The molecule has 0 saturated carbocycles. The van der Waals surface area contributed by atoms with E-state index in [2.05, 4.69) is 10.6 Å². The van der Waals surface area contributed by atoms with Gasteiger partial charge in [-0.05, 0) is 43.2 Å². The summed E-state index contributed by atoms with van der Waals surface area (Å²) in [6.07, 6.45) is 0.279. The molecular weight excluding hydrogens is 308 g/mol. The van der Waals surface area contributed by atoms with Crippen LogP contribution in [0.15, 0.2) is 41.3 Å². The molecule has 0 atom stereocenters. The van der Waals surface area contributed by atoms with Gasteiger partial charge in [0, 0.05) is 10.6 Å². The van der Waals surface area contributed by atoms with Crippen LogP contribution in [0.1, 0.15) is 16.7 Å². The normalized spacial score (nSPS) is 13.2. The average molecular weight is 326 g/mol. The Morgan fingerprint density at radius 1 is 1.22 bits per heavy atom. The molecule has 0 spiro atoms. The van der Waals surface area contributed by atoms with E-state index in [1.165, 1.54) is 17.3 Å². The Morgan fingerprint density at radius 2 is 2.04 bits per heavy atom. The molecule has 0 aliphatic carbocycles. The fourth-order valence-corrected chi connectivity index (χ4v) is 3.36. The number of anilines is 2. The van der Waals surface area contributed by atoms with Crippen LogP contribution in [-0.2, 0) is 16.0 Å². The highest BCUT2D eigenvalue weighted by Crippen LogP contribution is 2.32. The predicted octanol–water partition coefficient (Wildman–Crippen LogP) is 3.53. The minimum atomic E-state index is -0.0632. The molecule has 118 valence electrons. The molecule has 1 heterocycles. The Hall–Kier alpha value is -2.27. The first-order valence-electron chi connectivity index (χ1n) is 7.44. The molecule has 2 aromatic carbocycles. The average Bonchev–Trinajstić information content (AvgIpc) is 2.49. The van der Waals surface area contributed by atoms with Crippen LogP contribution in [0.4, 0.5) is 11.4 Å². The lowest BCUT2D eigenvalue weighted by Gasteiger charge is -2.17. The first kappa shape index (κ1) is 15.6. The van der Waals surface area contributed by atoms with Crippen LogP contribution in [-0.4, -0.2) is 17.6 Å². The quantitative estimate of drug-likeness (QED) is 0.907. The molecule has 3 rings (SSSR count). The lowest BCUT2D eigenvalue weighted by molar-refractivity contribution is -0.115. The fourth-order valence-electron chi connectivity index (χ4n) is 2.57. The van der Waals surface area contributed by atoms with Crippen LogP contribution in [0.3, 0.4) is 0 Å². The van der Waals surface area contributed by atoms with Gasteiger partial charge in [-0.2, -0.15) is 0 Å². The van der Waals surface area contributed by atoms with Gasteiger partial charge in [-0.15, -0.1) is 11.8 Å². The van der Waals surface area contributed by atoms with Gasteiger partial charge in [0.1, 0.15) is 0 Å². The molecule has 23 heavy (non-hydrogen) atoms. The minimum absolute atomic E-state index is 0.000572. The van der Waals surface area contributed by atoms with Crippen molar-refractivity contribution in [1.82, 2.24) is 0 Å². The van der Waals surface area contributed by atoms with Crippen LogP contribution >= 0.6 is 11.8 Å². The molecule has 0 radical (unpaired) electrons. The van der Waals surface area contributed by atoms with E-state index in [0.717, 1.165) is 27.4 Å². The number of aryl methyl sites for hydroxylation is 2. The van der Waals surface area contributed by atoms with Gasteiger partial charge in [-0.1, -0.05) is 23.8 Å². The number of benzene rings is 2. The van der Waals surface area contributed by atoms with Crippen LogP contribution in [0.2, 0.25) is 0 Å². The van der Waals surface area contributed by atoms with Crippen molar-refractivity contribution in [2.24, 2.45) is 0 Å². The van der Waals surface area contributed by atoms with Gasteiger partial charge in [-0.3, -0.25) is 9.59 Å². The number of hydrogen-bond donors (Lipinski definition) is 2. The Kier molecular flexibility index (Phi) is 4.39. The number of carbonyl (C=O) groups excluding carboxylic acids is 2. The SMILES string of the molecule is Cc1ccc(NC(=O)Cc2ccc3c(c2)NC(=O)CS3)c(C)c1. The summed E-state index contributed by atoms with van der Waals surface area (Å²) in [4.78, 5) is 24.7. The zero-order valence-electron chi connectivity index (χ0n) is 13.1. The third kappa shape index (κ3) is 3.74. The largest absolute Gasteiger partial charge is 0.326 e. The van der Waals surface area contributed by atoms with E-state index < -0.39 is 0 Å². The number of nitrogens with one attached hydrogen (secondary N) is 2. The Bertz CT molecular complexity index is 787. The molecular formula is C18H18N2O2S. The minimum Gasteiger partial charge on any atom is -0.326 e. The van der Waals surface area contributed by atoms with Crippen molar-refractivity contribution in [3.8, 4) is 0 Å². The standard InChI is InChI=1S/C18H18N2O2S/c1-11-3-5-14(12(2)7-11)19-17(21)9-13-4-6-16-15(8-13)20-18(22)10-23-16/h3-8H,9-10H2,1-2H3,(H,19,21)(H,20,22). The van der Waals surface area contributed by atoms with Gasteiger partial charge in [0.2, 0.25) is 11.8 Å². The highest BCUT2D eigenvalue weighted by molar-refractivity contribution is 8.00. The second kappa shape index (κ2) is 6.46. The van der Waals surface area contributed by atoms with E-state index in [-0.39, 0.29) is 18.2 Å². The molecule has 0 bridgehead atoms. The van der Waals surface area contributed by atoms with E-state index in [4.69, 9.17) is 0 Å². The number of fused-ring (bicyclic) bond motifs is 1. The van der Waals surface area contributed by atoms with Crippen molar-refractivity contribution >= 4 is 35.0 Å². The number of carbonyl (C=O) groups is 2. The number of amides is 2. The highest BCUT2D eigenvalue weighted by Gasteiger charge is 2.16. The second-order valence-corrected chi connectivity index (χ2v) is 6.73. The topological polar surface area (TPSA) is 58.2 Å². The molecule has 0 saturated heterocycles. The van der Waals surface area contributed by atoms with Gasteiger partial charge in [0.15, 0.2) is 0 Å². The monoisotopic (exact) mass is 326 g/mol. The van der Waals surface area contributed by atoms with Gasteiger partial charge in [0.05, 0.1) is 17.9 Å². The van der Waals surface area contributed by atoms with Crippen molar-refractivity contribution < 1.29 is 9.59 Å². The lowest BCUT2D eigenvalue weighted by atomic mass is 10.1. The van der Waals surface area contributed by atoms with E-state index in [1.54, 1.807) is 0 Å². The summed E-state index contributed by atoms with van der Waals surface area (Å²) >= 11 is 1.52. The maximum Gasteiger partial charge on any atom is 0.234 e. The van der Waals surface area contributed by atoms with Gasteiger partial charge >= 0.3 is 0 Å². The zero-order valence-corrected chi connectivity index (χ0v) is 13.9. The molecule has 0 unspecified atom stereocenters. The van der Waals surface area contributed by atoms with Crippen LogP contribution in [0.25, 0.3) is 0 Å². The molecule has 0 fully saturated rings. The molecule has 0 aromatic heterocycles. The predicted molar refractivity (Wildman–Crippen MR) is 94.0 cm³/mol. The summed E-state index contributed by atoms with van der Waals surface area (Å²) in [5, 5.41) is 5.79. The molecule has 5 heteroatoms. The summed E-state index contributed by atoms with van der Waals surface area (Å²) < 4.78 is 0. The van der Waals surface area contributed by atoms with E-state index in [0.29, 0.717) is 5.75 Å². The third-order valence-corrected chi connectivity index (χ3v) is 4.77. The summed E-state index contributed by atoms with van der Waals surface area (Å²) in [6.45, 7) is 4.01. The lowest BCUT2D eigenvalue weighted by Crippen LogP contribution is -2.19. The highest BCUT2D eigenvalue weighted by atomic mass is 32.2. The molecule has 1 aliphatic rings. The number of thioether (sulfide) groups is 1.